The van der Waals surface area contributed by atoms with Crippen molar-refractivity contribution in [2.24, 2.45) is 4.99 Å². The Bertz CT molecular complexity index is 895. The van der Waals surface area contributed by atoms with Crippen LogP contribution in [0.3, 0.4) is 0 Å². The second kappa shape index (κ2) is 8.39. The minimum atomic E-state index is -0.639. The van der Waals surface area contributed by atoms with Crippen LogP contribution in [0, 0.1) is 5.82 Å². The summed E-state index contributed by atoms with van der Waals surface area (Å²) in [5.74, 6) is 0.605. The summed E-state index contributed by atoms with van der Waals surface area (Å²) in [4.78, 5) is 4.59. The highest BCUT2D eigenvalue weighted by atomic mass is 35.5. The molecule has 0 fully saturated rings. The minimum Gasteiger partial charge on any atom is -0.595 e. The summed E-state index contributed by atoms with van der Waals surface area (Å²) in [7, 11) is 0. The molecule has 0 amide bonds. The van der Waals surface area contributed by atoms with Crippen LogP contribution in [0.1, 0.15) is 20.8 Å². The average Bonchev–Trinajstić information content (AvgIpc) is 2.58. The van der Waals surface area contributed by atoms with Gasteiger partial charge in [-0.1, -0.05) is 50.0 Å². The van der Waals surface area contributed by atoms with Crippen molar-refractivity contribution in [1.82, 2.24) is 0 Å². The van der Waals surface area contributed by atoms with Crippen LogP contribution in [0.15, 0.2) is 40.2 Å². The zero-order valence-electron chi connectivity index (χ0n) is 15.6. The molecule has 3 rings (SSSR count). The highest BCUT2D eigenvalue weighted by Gasteiger charge is 2.26. The molecular formula is C20H19Cl2FNO3S-. The third-order valence-electron chi connectivity index (χ3n) is 3.78. The average molecular weight is 443 g/mol. The van der Waals surface area contributed by atoms with Crippen LogP contribution in [-0.2, 0) is 4.74 Å². The summed E-state index contributed by atoms with van der Waals surface area (Å²) in [5, 5.41) is 12.6. The largest absolute Gasteiger partial charge is 0.595 e. The van der Waals surface area contributed by atoms with Gasteiger partial charge in [-0.05, 0) is 24.3 Å². The van der Waals surface area contributed by atoms with E-state index in [2.05, 4.69) is 4.99 Å². The van der Waals surface area contributed by atoms with Crippen molar-refractivity contribution in [2.45, 2.75) is 37.4 Å². The van der Waals surface area contributed by atoms with Crippen molar-refractivity contribution in [2.75, 3.05) is 12.3 Å². The lowest BCUT2D eigenvalue weighted by molar-refractivity contribution is -0.260. The number of halogens is 3. The van der Waals surface area contributed by atoms with E-state index >= 15 is 0 Å². The summed E-state index contributed by atoms with van der Waals surface area (Å²) < 4.78 is 25.4. The smallest absolute Gasteiger partial charge is 0.146 e. The molecule has 0 saturated heterocycles. The second-order valence-corrected chi connectivity index (χ2v) is 9.13. The predicted octanol–water partition coefficient (Wildman–Crippen LogP) is 5.18. The Morgan fingerprint density at radius 3 is 2.64 bits per heavy atom. The topological polar surface area (TPSA) is 53.9 Å². The molecule has 0 radical (unpaired) electrons. The van der Waals surface area contributed by atoms with Gasteiger partial charge in [0.05, 0.1) is 21.5 Å². The third-order valence-corrected chi connectivity index (χ3v) is 5.56. The Morgan fingerprint density at radius 1 is 1.32 bits per heavy atom. The number of hydrogen-bond acceptors (Lipinski definition) is 5. The third kappa shape index (κ3) is 5.04. The van der Waals surface area contributed by atoms with E-state index in [0.717, 1.165) is 0 Å². The maximum Gasteiger partial charge on any atom is 0.146 e. The molecule has 4 nitrogen and oxygen atoms in total. The number of ether oxygens (including phenoxy) is 2. The molecule has 2 aromatic carbocycles. The molecule has 150 valence electrons. The second-order valence-electron chi connectivity index (χ2n) is 7.25. The van der Waals surface area contributed by atoms with Crippen molar-refractivity contribution in [3.63, 3.8) is 0 Å². The van der Waals surface area contributed by atoms with Crippen molar-refractivity contribution < 1.29 is 19.0 Å². The standard InChI is InChI=1S/C20H20Cl2FNO3S/c1-20(2,3)27-19(25)24-9-12-10-28-16-8-11(23)7-13(18(16)26-12)17-14(21)5-4-6-15(17)22/h4-8,12H,9-10H2,1-3H3,(H,24,25)/p-1. The molecule has 1 aliphatic rings. The summed E-state index contributed by atoms with van der Waals surface area (Å²) in [6.07, 6.45) is -1.00. The number of benzene rings is 2. The monoisotopic (exact) mass is 442 g/mol. The molecule has 1 unspecified atom stereocenters. The van der Waals surface area contributed by atoms with E-state index in [1.807, 2.05) is 0 Å². The number of fused-ring (bicyclic) bond motifs is 1. The quantitative estimate of drug-likeness (QED) is 0.484. The van der Waals surface area contributed by atoms with Gasteiger partial charge in [0.25, 0.3) is 0 Å². The first-order valence-corrected chi connectivity index (χ1v) is 10.4. The number of thioether (sulfide) groups is 1. The number of aliphatic imine (C=N–C) groups is 1. The number of rotatable bonds is 3. The first-order chi connectivity index (χ1) is 13.1. The van der Waals surface area contributed by atoms with Crippen molar-refractivity contribution in [1.29, 1.82) is 0 Å². The van der Waals surface area contributed by atoms with Gasteiger partial charge in [-0.2, -0.15) is 0 Å². The summed E-state index contributed by atoms with van der Waals surface area (Å²) in [5.41, 5.74) is 0.368. The van der Waals surface area contributed by atoms with Gasteiger partial charge in [0.15, 0.2) is 0 Å². The van der Waals surface area contributed by atoms with Gasteiger partial charge in [-0.3, -0.25) is 4.99 Å². The van der Waals surface area contributed by atoms with E-state index in [0.29, 0.717) is 37.6 Å². The van der Waals surface area contributed by atoms with Crippen molar-refractivity contribution >= 4 is 41.0 Å². The first kappa shape index (κ1) is 21.1. The fraction of sp³-hybridized carbons (Fsp3) is 0.350. The lowest BCUT2D eigenvalue weighted by Gasteiger charge is -2.30. The Hall–Kier alpha value is -1.63. The van der Waals surface area contributed by atoms with Gasteiger partial charge >= 0.3 is 0 Å². The van der Waals surface area contributed by atoms with Crippen LogP contribution in [-0.4, -0.2) is 30.1 Å². The molecule has 2 aromatic rings. The molecule has 1 heterocycles. The van der Waals surface area contributed by atoms with Gasteiger partial charge < -0.3 is 14.6 Å². The Labute approximate surface area is 177 Å². The maximum absolute atomic E-state index is 14.2. The van der Waals surface area contributed by atoms with E-state index in [4.69, 9.17) is 32.7 Å². The Balaban J connectivity index is 1.89. The van der Waals surface area contributed by atoms with E-state index < -0.39 is 17.5 Å². The molecule has 0 aromatic heterocycles. The minimum absolute atomic E-state index is 0.133. The van der Waals surface area contributed by atoms with Crippen LogP contribution < -0.4 is 9.84 Å². The van der Waals surface area contributed by atoms with Gasteiger partial charge in [-0.15, -0.1) is 11.8 Å². The van der Waals surface area contributed by atoms with Crippen LogP contribution in [0.25, 0.3) is 11.1 Å². The van der Waals surface area contributed by atoms with Crippen molar-refractivity contribution in [3.05, 3.63) is 46.2 Å². The molecule has 1 atom stereocenters. The lowest BCUT2D eigenvalue weighted by atomic mass is 10.0. The van der Waals surface area contributed by atoms with E-state index in [1.165, 1.54) is 23.9 Å². The fourth-order valence-electron chi connectivity index (χ4n) is 2.68. The molecule has 0 bridgehead atoms. The normalized spacial score (nSPS) is 17.1. The molecule has 1 aliphatic heterocycles. The fourth-order valence-corrected chi connectivity index (χ4v) is 4.31. The first-order valence-electron chi connectivity index (χ1n) is 8.62. The summed E-state index contributed by atoms with van der Waals surface area (Å²) in [6, 6.07) is 7.85. The van der Waals surface area contributed by atoms with Crippen molar-refractivity contribution in [3.8, 4) is 16.9 Å². The summed E-state index contributed by atoms with van der Waals surface area (Å²) >= 11 is 14.1. The van der Waals surface area contributed by atoms with E-state index in [-0.39, 0.29) is 12.6 Å². The molecule has 0 N–H and O–H groups in total. The van der Waals surface area contributed by atoms with Gasteiger partial charge in [0.1, 0.15) is 23.8 Å². The van der Waals surface area contributed by atoms with Crippen LogP contribution in [0.5, 0.6) is 5.75 Å². The van der Waals surface area contributed by atoms with Crippen LogP contribution in [0.4, 0.5) is 4.39 Å². The van der Waals surface area contributed by atoms with E-state index in [9.17, 15) is 9.50 Å². The number of hydrogen-bond donors (Lipinski definition) is 0. The predicted molar refractivity (Wildman–Crippen MR) is 110 cm³/mol. The van der Waals surface area contributed by atoms with Gasteiger partial charge in [0.2, 0.25) is 0 Å². The molecule has 0 aliphatic carbocycles. The molecule has 0 saturated carbocycles. The zero-order valence-corrected chi connectivity index (χ0v) is 17.9. The summed E-state index contributed by atoms with van der Waals surface area (Å²) in [6.45, 7) is 5.46. The Kier molecular flexibility index (Phi) is 6.32. The van der Waals surface area contributed by atoms with Crippen LogP contribution >= 0.6 is 35.0 Å². The number of nitrogens with zero attached hydrogens (tertiary/aromatic N) is 1. The maximum atomic E-state index is 14.2. The lowest BCUT2D eigenvalue weighted by Crippen LogP contribution is -2.34. The molecule has 0 spiro atoms. The van der Waals surface area contributed by atoms with E-state index in [1.54, 1.807) is 39.0 Å². The van der Waals surface area contributed by atoms with Gasteiger partial charge in [0, 0.05) is 22.5 Å². The Morgan fingerprint density at radius 2 is 2.00 bits per heavy atom. The SMILES string of the molecule is CC(C)(C)OC([O-])=NCC1CSc2cc(F)cc(-c3c(Cl)cccc3Cl)c2O1. The van der Waals surface area contributed by atoms with Gasteiger partial charge in [-0.25, -0.2) is 4.39 Å². The molecular weight excluding hydrogens is 424 g/mol. The van der Waals surface area contributed by atoms with Crippen LogP contribution in [0.2, 0.25) is 10.0 Å². The molecule has 28 heavy (non-hydrogen) atoms. The highest BCUT2D eigenvalue weighted by molar-refractivity contribution is 7.99. The zero-order chi connectivity index (χ0) is 20.5. The highest BCUT2D eigenvalue weighted by Crippen LogP contribution is 2.47. The molecule has 8 heteroatoms.